The van der Waals surface area contributed by atoms with Gasteiger partial charge < -0.3 is 4.74 Å². The largest absolute Gasteiger partial charge is 0.494 e. The molecule has 0 amide bonds. The summed E-state index contributed by atoms with van der Waals surface area (Å²) >= 11 is 0. The van der Waals surface area contributed by atoms with Crippen LogP contribution in [0.3, 0.4) is 0 Å². The molecular formula is C29H32N4O. The van der Waals surface area contributed by atoms with Gasteiger partial charge in [-0.05, 0) is 49.3 Å². The molecule has 2 aliphatic carbocycles. The van der Waals surface area contributed by atoms with Gasteiger partial charge in [0.05, 0.1) is 12.3 Å². The van der Waals surface area contributed by atoms with Gasteiger partial charge in [0, 0.05) is 22.1 Å². The molecule has 2 aromatic heterocycles. The Morgan fingerprint density at radius 3 is 2.74 bits per heavy atom. The van der Waals surface area contributed by atoms with Crippen molar-refractivity contribution in [2.24, 2.45) is 5.92 Å². The molecule has 174 valence electrons. The van der Waals surface area contributed by atoms with Gasteiger partial charge in [-0.2, -0.15) is 0 Å². The zero-order valence-corrected chi connectivity index (χ0v) is 20.1. The van der Waals surface area contributed by atoms with Crippen LogP contribution in [0, 0.1) is 5.92 Å². The van der Waals surface area contributed by atoms with Crippen LogP contribution in [0.4, 0.5) is 0 Å². The van der Waals surface area contributed by atoms with Gasteiger partial charge in [0.15, 0.2) is 11.5 Å². The van der Waals surface area contributed by atoms with Crippen LogP contribution in [0.25, 0.3) is 28.3 Å². The molecule has 1 fully saturated rings. The summed E-state index contributed by atoms with van der Waals surface area (Å²) in [5, 5.41) is 4.86. The molecule has 34 heavy (non-hydrogen) atoms. The molecule has 0 saturated heterocycles. The normalized spacial score (nSPS) is 16.6. The van der Waals surface area contributed by atoms with Gasteiger partial charge in [-0.3, -0.25) is 0 Å². The smallest absolute Gasteiger partial charge is 0.182 e. The lowest BCUT2D eigenvalue weighted by Crippen LogP contribution is -2.36. The van der Waals surface area contributed by atoms with Crippen molar-refractivity contribution in [1.29, 1.82) is 0 Å². The van der Waals surface area contributed by atoms with Crippen molar-refractivity contribution in [2.75, 3.05) is 6.61 Å². The molecule has 0 radical (unpaired) electrons. The van der Waals surface area contributed by atoms with Crippen molar-refractivity contribution in [3.63, 3.8) is 0 Å². The summed E-state index contributed by atoms with van der Waals surface area (Å²) in [6.45, 7) is 5.15. The van der Waals surface area contributed by atoms with Crippen molar-refractivity contribution in [3.8, 4) is 28.4 Å². The minimum atomic E-state index is 0.101. The summed E-state index contributed by atoms with van der Waals surface area (Å²) < 4.78 is 7.89. The van der Waals surface area contributed by atoms with Gasteiger partial charge in [0.2, 0.25) is 0 Å². The summed E-state index contributed by atoms with van der Waals surface area (Å²) in [5.74, 6) is 2.23. The Balaban J connectivity index is 1.45. The SMILES string of the molecule is CC(C)CCOc1cccc(-c2nc3c4c(ncn3n2)-c2ccccc2CC42CCCCC2)c1. The number of hydrogen-bond donors (Lipinski definition) is 0. The van der Waals surface area contributed by atoms with E-state index in [1.54, 1.807) is 0 Å². The van der Waals surface area contributed by atoms with E-state index in [1.165, 1.54) is 48.8 Å². The number of benzene rings is 2. The Hall–Kier alpha value is -3.21. The van der Waals surface area contributed by atoms with E-state index in [0.717, 1.165) is 47.9 Å². The number of hydrogen-bond acceptors (Lipinski definition) is 4. The van der Waals surface area contributed by atoms with E-state index in [1.807, 2.05) is 23.0 Å². The summed E-state index contributed by atoms with van der Waals surface area (Å²) in [7, 11) is 0. The molecule has 2 heterocycles. The quantitative estimate of drug-likeness (QED) is 0.340. The van der Waals surface area contributed by atoms with Crippen LogP contribution in [0.5, 0.6) is 5.75 Å². The van der Waals surface area contributed by atoms with E-state index in [-0.39, 0.29) is 5.41 Å². The van der Waals surface area contributed by atoms with Gasteiger partial charge >= 0.3 is 0 Å². The number of ether oxygens (including phenoxy) is 1. The average Bonchev–Trinajstić information content (AvgIpc) is 3.29. The van der Waals surface area contributed by atoms with Crippen molar-refractivity contribution in [1.82, 2.24) is 19.6 Å². The molecular weight excluding hydrogens is 420 g/mol. The Labute approximate surface area is 201 Å². The van der Waals surface area contributed by atoms with Crippen molar-refractivity contribution < 1.29 is 4.74 Å². The van der Waals surface area contributed by atoms with Gasteiger partial charge in [-0.1, -0.05) is 69.5 Å². The fourth-order valence-electron chi connectivity index (χ4n) is 5.82. The minimum Gasteiger partial charge on any atom is -0.494 e. The van der Waals surface area contributed by atoms with Crippen molar-refractivity contribution in [3.05, 3.63) is 66.0 Å². The van der Waals surface area contributed by atoms with Gasteiger partial charge in [0.1, 0.15) is 12.1 Å². The molecule has 6 rings (SSSR count). The summed E-state index contributed by atoms with van der Waals surface area (Å²) in [5.41, 5.74) is 7.11. The monoisotopic (exact) mass is 452 g/mol. The highest BCUT2D eigenvalue weighted by Crippen LogP contribution is 2.51. The van der Waals surface area contributed by atoms with Crippen molar-refractivity contribution in [2.45, 2.75) is 64.2 Å². The fraction of sp³-hybridized carbons (Fsp3) is 0.414. The van der Waals surface area contributed by atoms with Gasteiger partial charge in [-0.25, -0.2) is 14.5 Å². The summed E-state index contributed by atoms with van der Waals surface area (Å²) in [6.07, 6.45) is 10.2. The number of nitrogens with zero attached hydrogens (tertiary/aromatic N) is 4. The first kappa shape index (κ1) is 21.3. The maximum atomic E-state index is 6.00. The van der Waals surface area contributed by atoms with Crippen LogP contribution >= 0.6 is 0 Å². The van der Waals surface area contributed by atoms with Crippen LogP contribution in [0.1, 0.15) is 63.5 Å². The Morgan fingerprint density at radius 1 is 1.03 bits per heavy atom. The van der Waals surface area contributed by atoms with Crippen LogP contribution in [-0.2, 0) is 11.8 Å². The minimum absolute atomic E-state index is 0.101. The second kappa shape index (κ2) is 8.53. The van der Waals surface area contributed by atoms with Crippen LogP contribution in [0.15, 0.2) is 54.9 Å². The Bertz CT molecular complexity index is 1330. The van der Waals surface area contributed by atoms with E-state index in [0.29, 0.717) is 5.92 Å². The lowest BCUT2D eigenvalue weighted by atomic mass is 9.62. The first-order valence-corrected chi connectivity index (χ1v) is 12.7. The molecule has 4 aromatic rings. The fourth-order valence-corrected chi connectivity index (χ4v) is 5.82. The molecule has 0 atom stereocenters. The van der Waals surface area contributed by atoms with Crippen molar-refractivity contribution >= 4 is 5.65 Å². The number of rotatable bonds is 5. The third-order valence-corrected chi connectivity index (χ3v) is 7.59. The molecule has 2 aromatic carbocycles. The molecule has 0 aliphatic heterocycles. The molecule has 0 bridgehead atoms. The zero-order valence-electron chi connectivity index (χ0n) is 20.1. The maximum absolute atomic E-state index is 6.00. The van der Waals surface area contributed by atoms with Crippen LogP contribution in [0.2, 0.25) is 0 Å². The molecule has 1 saturated carbocycles. The third-order valence-electron chi connectivity index (χ3n) is 7.59. The first-order valence-electron chi connectivity index (χ1n) is 12.7. The highest BCUT2D eigenvalue weighted by Gasteiger charge is 2.42. The Kier molecular flexibility index (Phi) is 5.35. The number of fused-ring (bicyclic) bond motifs is 6. The van der Waals surface area contributed by atoms with E-state index < -0.39 is 0 Å². The van der Waals surface area contributed by atoms with E-state index in [4.69, 9.17) is 19.8 Å². The van der Waals surface area contributed by atoms with Crippen LogP contribution < -0.4 is 4.74 Å². The third kappa shape index (κ3) is 3.67. The van der Waals surface area contributed by atoms with E-state index >= 15 is 0 Å². The summed E-state index contributed by atoms with van der Waals surface area (Å²) in [6, 6.07) is 16.9. The van der Waals surface area contributed by atoms with Gasteiger partial charge in [-0.15, -0.1) is 5.10 Å². The number of aromatic nitrogens is 4. The maximum Gasteiger partial charge on any atom is 0.182 e. The predicted octanol–water partition coefficient (Wildman–Crippen LogP) is 6.64. The second-order valence-electron chi connectivity index (χ2n) is 10.4. The van der Waals surface area contributed by atoms with E-state index in [9.17, 15) is 0 Å². The first-order chi connectivity index (χ1) is 16.6. The Morgan fingerprint density at radius 2 is 1.88 bits per heavy atom. The lowest BCUT2D eigenvalue weighted by molar-refractivity contribution is 0.288. The van der Waals surface area contributed by atoms with E-state index in [2.05, 4.69) is 50.2 Å². The molecule has 5 nitrogen and oxygen atoms in total. The standard InChI is InChI=1S/C29H32N4O/c1-20(2)13-16-34-23-11-8-10-21(17-23)27-31-28-25-26(30-19-33(28)32-27)24-12-5-4-9-22(24)18-29(25)14-6-3-7-15-29/h4-5,8-12,17,19-20H,3,6-7,13-16,18H2,1-2H3. The van der Waals surface area contributed by atoms with Crippen LogP contribution in [-0.4, -0.2) is 26.2 Å². The topological polar surface area (TPSA) is 52.3 Å². The van der Waals surface area contributed by atoms with Gasteiger partial charge in [0.25, 0.3) is 0 Å². The highest BCUT2D eigenvalue weighted by atomic mass is 16.5. The molecule has 0 unspecified atom stereocenters. The zero-order chi connectivity index (χ0) is 23.1. The molecule has 5 heteroatoms. The molecule has 2 aliphatic rings. The highest BCUT2D eigenvalue weighted by molar-refractivity contribution is 5.78. The average molecular weight is 453 g/mol. The summed E-state index contributed by atoms with van der Waals surface area (Å²) in [4.78, 5) is 10.1. The molecule has 0 N–H and O–H groups in total. The predicted molar refractivity (Wildman–Crippen MR) is 135 cm³/mol. The lowest BCUT2D eigenvalue weighted by Gasteiger charge is -2.42. The second-order valence-corrected chi connectivity index (χ2v) is 10.4. The molecule has 1 spiro atoms.